The van der Waals surface area contributed by atoms with E-state index in [9.17, 15) is 14.4 Å². The Morgan fingerprint density at radius 3 is 2.57 bits per heavy atom. The predicted molar refractivity (Wildman–Crippen MR) is 111 cm³/mol. The number of nitrogens with one attached hydrogen (secondary N) is 2. The van der Waals surface area contributed by atoms with Crippen LogP contribution in [0.25, 0.3) is 10.9 Å². The standard InChI is InChI=1S/C23H20N2O5/c1-13-19(16-10-6-7-11-17(16)24-13)21(27)14(2)30-23(28)20-18(26)12-29-22(20)25-15-8-4-3-5-9-15/h3-11,14,24-25H,12H2,1-2H3/t14-/m1/s1. The van der Waals surface area contributed by atoms with E-state index in [1.54, 1.807) is 19.1 Å². The quantitative estimate of drug-likeness (QED) is 0.371. The van der Waals surface area contributed by atoms with Gasteiger partial charge in [0, 0.05) is 27.8 Å². The number of aromatic nitrogens is 1. The number of ether oxygens (including phenoxy) is 2. The number of H-pyrrole nitrogens is 1. The average molecular weight is 404 g/mol. The number of ketones is 2. The lowest BCUT2D eigenvalue weighted by Gasteiger charge is -2.13. The first-order valence-corrected chi connectivity index (χ1v) is 9.50. The van der Waals surface area contributed by atoms with Gasteiger partial charge in [-0.15, -0.1) is 0 Å². The molecule has 0 unspecified atom stereocenters. The third-order valence-electron chi connectivity index (χ3n) is 4.88. The molecule has 0 bridgehead atoms. The maximum atomic E-state index is 13.0. The van der Waals surface area contributed by atoms with Gasteiger partial charge in [-0.2, -0.15) is 0 Å². The van der Waals surface area contributed by atoms with Crippen LogP contribution < -0.4 is 5.32 Å². The number of carbonyl (C=O) groups is 3. The highest BCUT2D eigenvalue weighted by atomic mass is 16.6. The molecule has 0 radical (unpaired) electrons. The van der Waals surface area contributed by atoms with Crippen molar-refractivity contribution in [2.24, 2.45) is 0 Å². The van der Waals surface area contributed by atoms with Crippen molar-refractivity contribution in [2.75, 3.05) is 11.9 Å². The molecular formula is C23H20N2O5. The van der Waals surface area contributed by atoms with Gasteiger partial charge in [0.15, 0.2) is 18.3 Å². The third-order valence-corrected chi connectivity index (χ3v) is 4.88. The summed E-state index contributed by atoms with van der Waals surface area (Å²) < 4.78 is 10.7. The number of anilines is 1. The Morgan fingerprint density at radius 2 is 1.80 bits per heavy atom. The van der Waals surface area contributed by atoms with Crippen LogP contribution >= 0.6 is 0 Å². The largest absolute Gasteiger partial charge is 0.470 e. The van der Waals surface area contributed by atoms with Crippen LogP contribution in [0.3, 0.4) is 0 Å². The normalized spacial score (nSPS) is 14.5. The molecule has 1 aromatic heterocycles. The van der Waals surface area contributed by atoms with E-state index in [0.717, 1.165) is 10.9 Å². The Bertz CT molecular complexity index is 1180. The van der Waals surface area contributed by atoms with Crippen LogP contribution in [0.2, 0.25) is 0 Å². The molecule has 0 spiro atoms. The molecule has 7 nitrogen and oxygen atoms in total. The van der Waals surface area contributed by atoms with Gasteiger partial charge in [-0.05, 0) is 32.0 Å². The zero-order valence-corrected chi connectivity index (χ0v) is 16.5. The van der Waals surface area contributed by atoms with Crippen molar-refractivity contribution >= 4 is 34.1 Å². The Kier molecular flexibility index (Phi) is 5.10. The van der Waals surface area contributed by atoms with Crippen molar-refractivity contribution in [3.05, 3.63) is 77.3 Å². The van der Waals surface area contributed by atoms with Crippen LogP contribution in [-0.4, -0.2) is 35.2 Å². The van der Waals surface area contributed by atoms with Gasteiger partial charge >= 0.3 is 5.97 Å². The first-order chi connectivity index (χ1) is 14.5. The summed E-state index contributed by atoms with van der Waals surface area (Å²) in [6.07, 6.45) is -1.07. The molecule has 2 heterocycles. The van der Waals surface area contributed by atoms with E-state index in [1.807, 2.05) is 42.5 Å². The van der Waals surface area contributed by atoms with Crippen LogP contribution in [0.4, 0.5) is 5.69 Å². The molecule has 0 aliphatic carbocycles. The van der Waals surface area contributed by atoms with Crippen LogP contribution in [0.5, 0.6) is 0 Å². The summed E-state index contributed by atoms with van der Waals surface area (Å²) in [5, 5.41) is 3.67. The van der Waals surface area contributed by atoms with Crippen LogP contribution in [-0.2, 0) is 19.1 Å². The highest BCUT2D eigenvalue weighted by Gasteiger charge is 2.35. The average Bonchev–Trinajstić information content (AvgIpc) is 3.26. The zero-order chi connectivity index (χ0) is 21.3. The molecule has 0 saturated heterocycles. The van der Waals surface area contributed by atoms with Gasteiger partial charge in [-0.1, -0.05) is 36.4 Å². The Balaban J connectivity index is 1.56. The second kappa shape index (κ2) is 7.87. The summed E-state index contributed by atoms with van der Waals surface area (Å²) in [6, 6.07) is 16.4. The summed E-state index contributed by atoms with van der Waals surface area (Å²) >= 11 is 0. The second-order valence-corrected chi connectivity index (χ2v) is 6.99. The molecular weight excluding hydrogens is 384 g/mol. The number of esters is 1. The van der Waals surface area contributed by atoms with Gasteiger partial charge in [0.1, 0.15) is 0 Å². The highest BCUT2D eigenvalue weighted by molar-refractivity contribution is 6.20. The lowest BCUT2D eigenvalue weighted by Crippen LogP contribution is -2.27. The Hall–Kier alpha value is -3.87. The molecule has 1 atom stereocenters. The molecule has 1 aliphatic heterocycles. The zero-order valence-electron chi connectivity index (χ0n) is 16.5. The molecule has 4 rings (SSSR count). The number of Topliss-reactive ketones (excluding diaryl/α,β-unsaturated/α-hetero) is 2. The van der Waals surface area contributed by atoms with Gasteiger partial charge < -0.3 is 19.8 Å². The number of hydrogen-bond acceptors (Lipinski definition) is 6. The van der Waals surface area contributed by atoms with E-state index in [1.165, 1.54) is 6.92 Å². The maximum absolute atomic E-state index is 13.0. The first-order valence-electron chi connectivity index (χ1n) is 9.50. The number of aryl methyl sites for hydroxylation is 1. The van der Waals surface area contributed by atoms with E-state index in [2.05, 4.69) is 10.3 Å². The van der Waals surface area contributed by atoms with Crippen molar-refractivity contribution < 1.29 is 23.9 Å². The van der Waals surface area contributed by atoms with E-state index < -0.39 is 17.9 Å². The number of hydrogen-bond donors (Lipinski definition) is 2. The Morgan fingerprint density at radius 1 is 1.10 bits per heavy atom. The fourth-order valence-electron chi connectivity index (χ4n) is 3.44. The lowest BCUT2D eigenvalue weighted by molar-refractivity contribution is -0.142. The smallest absolute Gasteiger partial charge is 0.348 e. The lowest BCUT2D eigenvalue weighted by atomic mass is 10.0. The first kappa shape index (κ1) is 19.4. The second-order valence-electron chi connectivity index (χ2n) is 6.99. The number of benzene rings is 2. The van der Waals surface area contributed by atoms with Crippen molar-refractivity contribution in [1.82, 2.24) is 4.98 Å². The minimum Gasteiger partial charge on any atom is -0.470 e. The third kappa shape index (κ3) is 3.57. The maximum Gasteiger partial charge on any atom is 0.348 e. The van der Waals surface area contributed by atoms with Crippen LogP contribution in [0.15, 0.2) is 66.1 Å². The molecule has 7 heteroatoms. The number of para-hydroxylation sites is 2. The summed E-state index contributed by atoms with van der Waals surface area (Å²) in [4.78, 5) is 41.1. The monoisotopic (exact) mass is 404 g/mol. The molecule has 2 aromatic carbocycles. The van der Waals surface area contributed by atoms with Gasteiger partial charge in [0.05, 0.1) is 0 Å². The number of rotatable bonds is 6. The van der Waals surface area contributed by atoms with E-state index >= 15 is 0 Å². The molecule has 0 amide bonds. The summed E-state index contributed by atoms with van der Waals surface area (Å²) in [7, 11) is 0. The van der Waals surface area contributed by atoms with Gasteiger partial charge in [-0.3, -0.25) is 9.59 Å². The van der Waals surface area contributed by atoms with Crippen LogP contribution in [0.1, 0.15) is 23.0 Å². The van der Waals surface area contributed by atoms with Gasteiger partial charge in [0.2, 0.25) is 17.4 Å². The molecule has 30 heavy (non-hydrogen) atoms. The van der Waals surface area contributed by atoms with E-state index in [4.69, 9.17) is 9.47 Å². The van der Waals surface area contributed by atoms with Crippen molar-refractivity contribution in [3.8, 4) is 0 Å². The summed E-state index contributed by atoms with van der Waals surface area (Å²) in [6.45, 7) is 3.02. The molecule has 3 aromatic rings. The molecule has 0 saturated carbocycles. The van der Waals surface area contributed by atoms with E-state index in [-0.39, 0.29) is 23.8 Å². The number of fused-ring (bicyclic) bond motifs is 1. The van der Waals surface area contributed by atoms with E-state index in [0.29, 0.717) is 16.9 Å². The summed E-state index contributed by atoms with van der Waals surface area (Å²) in [5.74, 6) is -1.71. The van der Waals surface area contributed by atoms with Crippen molar-refractivity contribution in [1.29, 1.82) is 0 Å². The summed E-state index contributed by atoms with van der Waals surface area (Å²) in [5.41, 5.74) is 2.42. The highest BCUT2D eigenvalue weighted by Crippen LogP contribution is 2.25. The number of aromatic amines is 1. The fourth-order valence-corrected chi connectivity index (χ4v) is 3.44. The number of carbonyl (C=O) groups excluding carboxylic acids is 3. The Labute approximate surface area is 172 Å². The van der Waals surface area contributed by atoms with Gasteiger partial charge in [0.25, 0.3) is 0 Å². The molecule has 1 aliphatic rings. The van der Waals surface area contributed by atoms with Crippen LogP contribution in [0, 0.1) is 6.92 Å². The fraction of sp³-hybridized carbons (Fsp3) is 0.174. The topological polar surface area (TPSA) is 97.5 Å². The molecule has 0 fully saturated rings. The van der Waals surface area contributed by atoms with Crippen molar-refractivity contribution in [2.45, 2.75) is 20.0 Å². The molecule has 2 N–H and O–H groups in total. The molecule has 152 valence electrons. The predicted octanol–water partition coefficient (Wildman–Crippen LogP) is 3.51. The van der Waals surface area contributed by atoms with Gasteiger partial charge in [-0.25, -0.2) is 4.79 Å². The SMILES string of the molecule is Cc1[nH]c2ccccc2c1C(=O)[C@@H](C)OC(=O)C1=C(Nc2ccccc2)OCC1=O. The van der Waals surface area contributed by atoms with Crippen molar-refractivity contribution in [3.63, 3.8) is 0 Å². The minimum atomic E-state index is -1.07. The minimum absolute atomic E-state index is 0.0270.